The highest BCUT2D eigenvalue weighted by molar-refractivity contribution is 5.90. The molecule has 0 amide bonds. The Kier molecular flexibility index (Phi) is 4.09. The molecule has 1 atom stereocenters. The third-order valence-electron chi connectivity index (χ3n) is 3.01. The first-order valence-electron chi connectivity index (χ1n) is 6.77. The minimum Gasteiger partial charge on any atom is -0.399 e. The van der Waals surface area contributed by atoms with Gasteiger partial charge < -0.3 is 16.2 Å². The number of nitrogens with two attached hydrogens (primary N) is 1. The van der Waals surface area contributed by atoms with Crippen molar-refractivity contribution in [3.05, 3.63) is 24.5 Å². The first-order valence-corrected chi connectivity index (χ1v) is 6.77. The van der Waals surface area contributed by atoms with Crippen LogP contribution in [0.25, 0.3) is 10.9 Å². The molecule has 2 rings (SSSR count). The van der Waals surface area contributed by atoms with Crippen molar-refractivity contribution in [1.29, 1.82) is 0 Å². The van der Waals surface area contributed by atoms with E-state index >= 15 is 0 Å². The van der Waals surface area contributed by atoms with Gasteiger partial charge in [0.15, 0.2) is 0 Å². The van der Waals surface area contributed by atoms with Crippen LogP contribution in [0.1, 0.15) is 27.2 Å². The van der Waals surface area contributed by atoms with Crippen molar-refractivity contribution in [3.63, 3.8) is 0 Å². The summed E-state index contributed by atoms with van der Waals surface area (Å²) >= 11 is 0. The molecule has 0 aliphatic heterocycles. The van der Waals surface area contributed by atoms with E-state index in [0.29, 0.717) is 12.2 Å². The van der Waals surface area contributed by atoms with Gasteiger partial charge in [0.1, 0.15) is 12.1 Å². The quantitative estimate of drug-likeness (QED) is 0.746. The number of nitrogen functional groups attached to an aromatic ring is 1. The molecule has 1 aromatic heterocycles. The van der Waals surface area contributed by atoms with E-state index in [1.54, 1.807) is 0 Å². The standard InChI is InChI=1S/C15H22N4O/c1-15(2,3)7-11(20)8-17-14-12-5-4-10(16)6-13(12)18-9-19-14/h4-6,9,11,20H,7-8,16H2,1-3H3,(H,17,18,19). The molecule has 5 nitrogen and oxygen atoms in total. The maximum atomic E-state index is 10.0. The molecular weight excluding hydrogens is 252 g/mol. The van der Waals surface area contributed by atoms with Gasteiger partial charge in [0.2, 0.25) is 0 Å². The monoisotopic (exact) mass is 274 g/mol. The Morgan fingerprint density at radius 1 is 1.30 bits per heavy atom. The summed E-state index contributed by atoms with van der Waals surface area (Å²) in [4.78, 5) is 8.43. The molecule has 0 saturated heterocycles. The van der Waals surface area contributed by atoms with Crippen molar-refractivity contribution in [2.24, 2.45) is 5.41 Å². The van der Waals surface area contributed by atoms with Gasteiger partial charge in [0, 0.05) is 17.6 Å². The first-order chi connectivity index (χ1) is 9.35. The number of nitrogens with one attached hydrogen (secondary N) is 1. The Hall–Kier alpha value is -1.88. The fraction of sp³-hybridized carbons (Fsp3) is 0.467. The SMILES string of the molecule is CC(C)(C)CC(O)CNc1ncnc2cc(N)ccc12. The lowest BCUT2D eigenvalue weighted by molar-refractivity contribution is 0.132. The molecule has 0 spiro atoms. The average Bonchev–Trinajstić information content (AvgIpc) is 2.33. The van der Waals surface area contributed by atoms with E-state index in [0.717, 1.165) is 23.1 Å². The summed E-state index contributed by atoms with van der Waals surface area (Å²) in [5, 5.41) is 14.1. The molecule has 2 aromatic rings. The Bertz CT molecular complexity index is 592. The smallest absolute Gasteiger partial charge is 0.137 e. The lowest BCUT2D eigenvalue weighted by Gasteiger charge is -2.22. The van der Waals surface area contributed by atoms with Crippen molar-refractivity contribution >= 4 is 22.4 Å². The summed E-state index contributed by atoms with van der Waals surface area (Å²) in [6.07, 6.45) is 1.82. The van der Waals surface area contributed by atoms with Crippen LogP contribution in [0.5, 0.6) is 0 Å². The Balaban J connectivity index is 2.10. The summed E-state index contributed by atoms with van der Waals surface area (Å²) in [6, 6.07) is 5.53. The van der Waals surface area contributed by atoms with Crippen LogP contribution in [0.3, 0.4) is 0 Å². The number of benzene rings is 1. The Morgan fingerprint density at radius 3 is 2.75 bits per heavy atom. The van der Waals surface area contributed by atoms with Gasteiger partial charge in [-0.1, -0.05) is 20.8 Å². The highest BCUT2D eigenvalue weighted by Crippen LogP contribution is 2.23. The van der Waals surface area contributed by atoms with E-state index in [4.69, 9.17) is 5.73 Å². The molecule has 5 heteroatoms. The van der Waals surface area contributed by atoms with Crippen LogP contribution in [-0.4, -0.2) is 27.7 Å². The zero-order chi connectivity index (χ0) is 14.8. The van der Waals surface area contributed by atoms with E-state index in [9.17, 15) is 5.11 Å². The summed E-state index contributed by atoms with van der Waals surface area (Å²) in [7, 11) is 0. The van der Waals surface area contributed by atoms with Crippen LogP contribution in [0.15, 0.2) is 24.5 Å². The van der Waals surface area contributed by atoms with Crippen LogP contribution in [-0.2, 0) is 0 Å². The number of aliphatic hydroxyl groups excluding tert-OH is 1. The van der Waals surface area contributed by atoms with Gasteiger partial charge in [0.05, 0.1) is 11.6 Å². The van der Waals surface area contributed by atoms with Gasteiger partial charge in [-0.15, -0.1) is 0 Å². The molecule has 0 saturated carbocycles. The zero-order valence-electron chi connectivity index (χ0n) is 12.2. The average molecular weight is 274 g/mol. The number of hydrogen-bond acceptors (Lipinski definition) is 5. The first kappa shape index (κ1) is 14.5. The molecule has 0 aliphatic carbocycles. The number of nitrogens with zero attached hydrogens (tertiary/aromatic N) is 2. The molecule has 0 radical (unpaired) electrons. The van der Waals surface area contributed by atoms with Gasteiger partial charge in [-0.05, 0) is 30.0 Å². The molecule has 1 aromatic carbocycles. The number of anilines is 2. The molecule has 0 fully saturated rings. The fourth-order valence-corrected chi connectivity index (χ4v) is 2.21. The van der Waals surface area contributed by atoms with Crippen LogP contribution in [0.4, 0.5) is 11.5 Å². The number of fused-ring (bicyclic) bond motifs is 1. The van der Waals surface area contributed by atoms with Gasteiger partial charge in [-0.2, -0.15) is 0 Å². The van der Waals surface area contributed by atoms with Crippen molar-refractivity contribution in [1.82, 2.24) is 9.97 Å². The number of hydrogen-bond donors (Lipinski definition) is 3. The van der Waals surface area contributed by atoms with Crippen LogP contribution >= 0.6 is 0 Å². The second kappa shape index (κ2) is 5.63. The van der Waals surface area contributed by atoms with E-state index in [2.05, 4.69) is 36.1 Å². The Labute approximate surface area is 119 Å². The van der Waals surface area contributed by atoms with Crippen LogP contribution < -0.4 is 11.1 Å². The topological polar surface area (TPSA) is 84.1 Å². The van der Waals surface area contributed by atoms with Gasteiger partial charge in [0.25, 0.3) is 0 Å². The zero-order valence-corrected chi connectivity index (χ0v) is 12.2. The van der Waals surface area contributed by atoms with Gasteiger partial charge >= 0.3 is 0 Å². The van der Waals surface area contributed by atoms with Crippen molar-refractivity contribution in [2.45, 2.75) is 33.3 Å². The molecule has 0 bridgehead atoms. The number of rotatable bonds is 4. The number of aromatic nitrogens is 2. The van der Waals surface area contributed by atoms with E-state index in [1.807, 2.05) is 18.2 Å². The molecule has 108 valence electrons. The molecule has 20 heavy (non-hydrogen) atoms. The summed E-state index contributed by atoms with van der Waals surface area (Å²) in [5.74, 6) is 0.725. The van der Waals surface area contributed by atoms with Gasteiger partial charge in [-0.25, -0.2) is 9.97 Å². The Morgan fingerprint density at radius 2 is 2.05 bits per heavy atom. The lowest BCUT2D eigenvalue weighted by atomic mass is 9.89. The predicted octanol–water partition coefficient (Wildman–Crippen LogP) is 2.42. The van der Waals surface area contributed by atoms with Gasteiger partial charge in [-0.3, -0.25) is 0 Å². The molecule has 4 N–H and O–H groups in total. The minimum absolute atomic E-state index is 0.100. The van der Waals surface area contributed by atoms with Crippen LogP contribution in [0.2, 0.25) is 0 Å². The molecule has 1 heterocycles. The second-order valence-corrected chi connectivity index (χ2v) is 6.30. The lowest BCUT2D eigenvalue weighted by Crippen LogP contribution is -2.25. The number of aliphatic hydroxyl groups is 1. The molecular formula is C15H22N4O. The van der Waals surface area contributed by atoms with Crippen molar-refractivity contribution in [3.8, 4) is 0 Å². The van der Waals surface area contributed by atoms with E-state index in [1.165, 1.54) is 6.33 Å². The third-order valence-corrected chi connectivity index (χ3v) is 3.01. The van der Waals surface area contributed by atoms with Crippen LogP contribution in [0, 0.1) is 5.41 Å². The second-order valence-electron chi connectivity index (χ2n) is 6.30. The molecule has 1 unspecified atom stereocenters. The highest BCUT2D eigenvalue weighted by atomic mass is 16.3. The van der Waals surface area contributed by atoms with Crippen molar-refractivity contribution in [2.75, 3.05) is 17.6 Å². The van der Waals surface area contributed by atoms with Crippen molar-refractivity contribution < 1.29 is 5.11 Å². The summed E-state index contributed by atoms with van der Waals surface area (Å²) < 4.78 is 0. The third kappa shape index (κ3) is 3.81. The predicted molar refractivity (Wildman–Crippen MR) is 82.5 cm³/mol. The highest BCUT2D eigenvalue weighted by Gasteiger charge is 2.16. The van der Waals surface area contributed by atoms with E-state index in [-0.39, 0.29) is 5.41 Å². The summed E-state index contributed by atoms with van der Waals surface area (Å²) in [5.41, 5.74) is 7.32. The minimum atomic E-state index is -0.409. The maximum absolute atomic E-state index is 10.0. The maximum Gasteiger partial charge on any atom is 0.137 e. The fourth-order valence-electron chi connectivity index (χ4n) is 2.21. The largest absolute Gasteiger partial charge is 0.399 e. The molecule has 0 aliphatic rings. The normalized spacial score (nSPS) is 13.4. The van der Waals surface area contributed by atoms with E-state index < -0.39 is 6.10 Å². The summed E-state index contributed by atoms with van der Waals surface area (Å²) in [6.45, 7) is 6.80.